The molecular weight excluding hydrogens is 419 g/mol. The Kier molecular flexibility index (Phi) is 7.77. The van der Waals surface area contributed by atoms with Gasteiger partial charge in [-0.2, -0.15) is 0 Å². The Bertz CT molecular complexity index is 705. The number of rotatable bonds is 6. The van der Waals surface area contributed by atoms with E-state index in [-0.39, 0.29) is 42.5 Å². The summed E-state index contributed by atoms with van der Waals surface area (Å²) >= 11 is 3.10. The molecule has 27 heavy (non-hydrogen) atoms. The van der Waals surface area contributed by atoms with Crippen LogP contribution >= 0.6 is 15.9 Å². The van der Waals surface area contributed by atoms with Gasteiger partial charge < -0.3 is 14.5 Å². The molecule has 1 fully saturated rings. The number of hydrogen-bond donors (Lipinski definition) is 0. The number of piperidine rings is 1. The fraction of sp³-hybridized carbons (Fsp3) is 0.526. The number of nitrogens with zero attached hydrogens (tertiary/aromatic N) is 2. The summed E-state index contributed by atoms with van der Waals surface area (Å²) in [5.41, 5.74) is 0.669. The van der Waals surface area contributed by atoms with Gasteiger partial charge >= 0.3 is 5.97 Å². The minimum atomic E-state index is -0.388. The molecular formula is C19H24BrFN2O4. The van der Waals surface area contributed by atoms with Gasteiger partial charge in [-0.15, -0.1) is 0 Å². The Morgan fingerprint density at radius 3 is 2.56 bits per heavy atom. The molecule has 1 aromatic carbocycles. The molecule has 148 valence electrons. The van der Waals surface area contributed by atoms with Gasteiger partial charge in [0.15, 0.2) is 0 Å². The van der Waals surface area contributed by atoms with Crippen LogP contribution in [0.15, 0.2) is 22.7 Å². The quantitative estimate of drug-likeness (QED) is 0.634. The lowest BCUT2D eigenvalue weighted by molar-refractivity contribution is -0.151. The van der Waals surface area contributed by atoms with Crippen molar-refractivity contribution in [1.82, 2.24) is 9.80 Å². The van der Waals surface area contributed by atoms with Crippen molar-refractivity contribution >= 4 is 33.7 Å². The normalized spacial score (nSPS) is 14.7. The largest absolute Gasteiger partial charge is 0.466 e. The van der Waals surface area contributed by atoms with E-state index in [9.17, 15) is 18.8 Å². The molecule has 0 saturated carbocycles. The van der Waals surface area contributed by atoms with Crippen molar-refractivity contribution in [2.75, 3.05) is 33.3 Å². The van der Waals surface area contributed by atoms with Gasteiger partial charge in [-0.3, -0.25) is 14.4 Å². The third-order valence-corrected chi connectivity index (χ3v) is 5.21. The first kappa shape index (κ1) is 21.3. The molecule has 1 heterocycles. The maximum atomic E-state index is 13.3. The highest BCUT2D eigenvalue weighted by Gasteiger charge is 2.28. The summed E-state index contributed by atoms with van der Waals surface area (Å²) in [6.45, 7) is 3.07. The topological polar surface area (TPSA) is 66.9 Å². The smallest absolute Gasteiger partial charge is 0.309 e. The summed E-state index contributed by atoms with van der Waals surface area (Å²) in [5.74, 6) is -1.12. The SMILES string of the molecule is CCOC(=O)C1CCN(C(=O)CN(C)C(=O)Cc2ccc(F)c(Br)c2)CC1. The Labute approximate surface area is 166 Å². The average molecular weight is 443 g/mol. The third kappa shape index (κ3) is 6.02. The van der Waals surface area contributed by atoms with Crippen LogP contribution in [0.4, 0.5) is 4.39 Å². The highest BCUT2D eigenvalue weighted by molar-refractivity contribution is 9.10. The Morgan fingerprint density at radius 2 is 1.96 bits per heavy atom. The number of benzene rings is 1. The van der Waals surface area contributed by atoms with E-state index in [4.69, 9.17) is 4.74 Å². The summed E-state index contributed by atoms with van der Waals surface area (Å²) in [6.07, 6.45) is 1.24. The zero-order valence-corrected chi connectivity index (χ0v) is 17.1. The van der Waals surface area contributed by atoms with Crippen LogP contribution < -0.4 is 0 Å². The number of hydrogen-bond acceptors (Lipinski definition) is 4. The molecule has 2 amide bonds. The van der Waals surface area contributed by atoms with Crippen molar-refractivity contribution in [2.45, 2.75) is 26.2 Å². The van der Waals surface area contributed by atoms with Gasteiger partial charge in [0.25, 0.3) is 0 Å². The van der Waals surface area contributed by atoms with Crippen molar-refractivity contribution in [3.8, 4) is 0 Å². The number of likely N-dealkylation sites (tertiary alicyclic amines) is 1. The van der Waals surface area contributed by atoms with Crippen LogP contribution in [0.1, 0.15) is 25.3 Å². The molecule has 6 nitrogen and oxygen atoms in total. The number of amides is 2. The van der Waals surface area contributed by atoms with Crippen LogP contribution in [0.25, 0.3) is 0 Å². The summed E-state index contributed by atoms with van der Waals surface area (Å²) in [7, 11) is 1.57. The minimum Gasteiger partial charge on any atom is -0.466 e. The zero-order chi connectivity index (χ0) is 20.0. The van der Waals surface area contributed by atoms with Crippen molar-refractivity contribution in [3.05, 3.63) is 34.1 Å². The van der Waals surface area contributed by atoms with Crippen molar-refractivity contribution in [1.29, 1.82) is 0 Å². The lowest BCUT2D eigenvalue weighted by atomic mass is 9.97. The summed E-state index contributed by atoms with van der Waals surface area (Å²) in [6, 6.07) is 4.41. The maximum Gasteiger partial charge on any atom is 0.309 e. The predicted molar refractivity (Wildman–Crippen MR) is 101 cm³/mol. The monoisotopic (exact) mass is 442 g/mol. The lowest BCUT2D eigenvalue weighted by Crippen LogP contribution is -2.45. The zero-order valence-electron chi connectivity index (χ0n) is 15.5. The van der Waals surface area contributed by atoms with Crippen LogP contribution in [0.5, 0.6) is 0 Å². The molecule has 0 aliphatic carbocycles. The maximum absolute atomic E-state index is 13.3. The number of ether oxygens (including phenoxy) is 1. The van der Waals surface area contributed by atoms with E-state index in [1.54, 1.807) is 31.0 Å². The first-order chi connectivity index (χ1) is 12.8. The van der Waals surface area contributed by atoms with E-state index < -0.39 is 0 Å². The molecule has 1 saturated heterocycles. The number of carbonyl (C=O) groups is 3. The van der Waals surface area contributed by atoms with Gasteiger partial charge in [0.2, 0.25) is 11.8 Å². The Balaban J connectivity index is 1.82. The summed E-state index contributed by atoms with van der Waals surface area (Å²) in [4.78, 5) is 39.6. The molecule has 0 aromatic heterocycles. The van der Waals surface area contributed by atoms with E-state index in [1.165, 1.54) is 11.0 Å². The Morgan fingerprint density at radius 1 is 1.30 bits per heavy atom. The molecule has 2 rings (SSSR count). The van der Waals surface area contributed by atoms with Crippen LogP contribution in [0.3, 0.4) is 0 Å². The van der Waals surface area contributed by atoms with E-state index in [2.05, 4.69) is 15.9 Å². The van der Waals surface area contributed by atoms with Crippen molar-refractivity contribution in [2.24, 2.45) is 5.92 Å². The van der Waals surface area contributed by atoms with E-state index in [0.717, 1.165) is 0 Å². The highest BCUT2D eigenvalue weighted by Crippen LogP contribution is 2.19. The first-order valence-corrected chi connectivity index (χ1v) is 9.73. The van der Waals surface area contributed by atoms with Gasteiger partial charge in [0.05, 0.1) is 30.0 Å². The predicted octanol–water partition coefficient (Wildman–Crippen LogP) is 2.39. The van der Waals surface area contributed by atoms with Crippen LogP contribution in [-0.4, -0.2) is 60.9 Å². The molecule has 0 N–H and O–H groups in total. The standard InChI is InChI=1S/C19H24BrFN2O4/c1-3-27-19(26)14-6-8-23(9-7-14)18(25)12-22(2)17(24)11-13-4-5-16(21)15(20)10-13/h4-5,10,14H,3,6-9,11-12H2,1-2H3. The second-order valence-corrected chi connectivity index (χ2v) is 7.44. The van der Waals surface area contributed by atoms with Crippen molar-refractivity contribution < 1.29 is 23.5 Å². The molecule has 1 aliphatic heterocycles. The van der Waals surface area contributed by atoms with E-state index in [0.29, 0.717) is 42.6 Å². The van der Waals surface area contributed by atoms with Gasteiger partial charge in [-0.25, -0.2) is 4.39 Å². The van der Waals surface area contributed by atoms with Gasteiger partial charge in [-0.05, 0) is 53.4 Å². The third-order valence-electron chi connectivity index (χ3n) is 4.61. The summed E-state index contributed by atoms with van der Waals surface area (Å²) in [5, 5.41) is 0. The second-order valence-electron chi connectivity index (χ2n) is 6.58. The van der Waals surface area contributed by atoms with Gasteiger partial charge in [0.1, 0.15) is 5.82 Å². The number of halogens is 2. The molecule has 0 atom stereocenters. The number of esters is 1. The number of carbonyl (C=O) groups excluding carboxylic acids is 3. The average Bonchev–Trinajstić information content (AvgIpc) is 2.65. The Hall–Kier alpha value is -1.96. The van der Waals surface area contributed by atoms with Crippen LogP contribution in [0, 0.1) is 11.7 Å². The van der Waals surface area contributed by atoms with Gasteiger partial charge in [0, 0.05) is 20.1 Å². The fourth-order valence-corrected chi connectivity index (χ4v) is 3.40. The van der Waals surface area contributed by atoms with E-state index in [1.807, 2.05) is 0 Å². The molecule has 0 radical (unpaired) electrons. The second kappa shape index (κ2) is 9.82. The lowest BCUT2D eigenvalue weighted by Gasteiger charge is -2.32. The number of likely N-dealkylation sites (N-methyl/N-ethyl adjacent to an activating group) is 1. The first-order valence-electron chi connectivity index (χ1n) is 8.94. The molecule has 0 unspecified atom stereocenters. The molecule has 0 bridgehead atoms. The van der Waals surface area contributed by atoms with Crippen molar-refractivity contribution in [3.63, 3.8) is 0 Å². The van der Waals surface area contributed by atoms with Crippen LogP contribution in [-0.2, 0) is 25.5 Å². The molecule has 8 heteroatoms. The molecule has 1 aromatic rings. The van der Waals surface area contributed by atoms with Gasteiger partial charge in [-0.1, -0.05) is 6.07 Å². The van der Waals surface area contributed by atoms with Crippen LogP contribution in [0.2, 0.25) is 0 Å². The minimum absolute atomic E-state index is 0.0225. The molecule has 1 aliphatic rings. The fourth-order valence-electron chi connectivity index (χ4n) is 2.97. The summed E-state index contributed by atoms with van der Waals surface area (Å²) < 4.78 is 18.6. The van der Waals surface area contributed by atoms with E-state index >= 15 is 0 Å². The highest BCUT2D eigenvalue weighted by atomic mass is 79.9. The molecule has 0 spiro atoms.